The lowest BCUT2D eigenvalue weighted by Crippen LogP contribution is -2.71. The molecule has 4 aromatic rings. The van der Waals surface area contributed by atoms with Crippen LogP contribution in [0.3, 0.4) is 0 Å². The van der Waals surface area contributed by atoms with E-state index in [0.717, 1.165) is 6.42 Å². The van der Waals surface area contributed by atoms with E-state index in [1.165, 1.54) is 64.9 Å². The van der Waals surface area contributed by atoms with E-state index >= 15 is 0 Å². The van der Waals surface area contributed by atoms with Gasteiger partial charge in [0.05, 0.1) is 11.1 Å². The fourth-order valence-corrected chi connectivity index (χ4v) is 7.06. The van der Waals surface area contributed by atoms with Gasteiger partial charge in [0, 0.05) is 24.3 Å². The predicted molar refractivity (Wildman–Crippen MR) is 125 cm³/mol. The molecular formula is C30H24N2+2. The summed E-state index contributed by atoms with van der Waals surface area (Å²) >= 11 is 0. The standard InChI is InChI=1S/C30H24N2/c1-2-10-21-20(9-1)19-24-22(21)15-16-26-29(24)28-14-6-8-18-32(28)30(26)25-12-4-3-11-23(25)27-13-5-7-17-31(27)30/h3-8,11-18H,1-2,9-10,19H2/q+2. The van der Waals surface area contributed by atoms with Crippen LogP contribution in [0, 0.1) is 0 Å². The van der Waals surface area contributed by atoms with Crippen LogP contribution in [0.5, 0.6) is 0 Å². The SMILES string of the molecule is c1ccc2c(c1)-c1cccc[n+]1C21c2ccc3c(c2-c2cccc[n+]21)CC1=C3CCCC1. The molecule has 0 N–H and O–H groups in total. The molecule has 152 valence electrons. The lowest BCUT2D eigenvalue weighted by atomic mass is 9.86. The van der Waals surface area contributed by atoms with Gasteiger partial charge in [-0.15, -0.1) is 9.13 Å². The van der Waals surface area contributed by atoms with Crippen molar-refractivity contribution in [2.45, 2.75) is 37.8 Å². The molecule has 0 bridgehead atoms. The maximum Gasteiger partial charge on any atom is 0.417 e. The molecule has 1 spiro atoms. The van der Waals surface area contributed by atoms with Crippen LogP contribution in [0.25, 0.3) is 28.1 Å². The molecular weight excluding hydrogens is 388 g/mol. The molecule has 2 aliphatic carbocycles. The highest BCUT2D eigenvalue weighted by molar-refractivity contribution is 5.86. The molecule has 0 radical (unpaired) electrons. The first-order chi connectivity index (χ1) is 15.9. The molecule has 2 heteroatoms. The normalized spacial score (nSPS) is 21.1. The van der Waals surface area contributed by atoms with Crippen LogP contribution in [0.1, 0.15) is 47.9 Å². The smallest absolute Gasteiger partial charge is 0.126 e. The van der Waals surface area contributed by atoms with Crippen LogP contribution in [0.4, 0.5) is 0 Å². The zero-order valence-corrected chi connectivity index (χ0v) is 18.0. The zero-order valence-electron chi connectivity index (χ0n) is 18.0. The summed E-state index contributed by atoms with van der Waals surface area (Å²) in [6.07, 6.45) is 10.9. The van der Waals surface area contributed by atoms with Crippen molar-refractivity contribution in [1.82, 2.24) is 0 Å². The highest BCUT2D eigenvalue weighted by atomic mass is 15.3. The topological polar surface area (TPSA) is 7.76 Å². The lowest BCUT2D eigenvalue weighted by molar-refractivity contribution is -0.955. The van der Waals surface area contributed by atoms with Crippen molar-refractivity contribution in [3.63, 3.8) is 0 Å². The Morgan fingerprint density at radius 3 is 2.28 bits per heavy atom. The van der Waals surface area contributed by atoms with Gasteiger partial charge in [-0.05, 0) is 79.1 Å². The number of hydrogen-bond acceptors (Lipinski definition) is 0. The van der Waals surface area contributed by atoms with Crippen molar-refractivity contribution in [2.24, 2.45) is 0 Å². The van der Waals surface area contributed by atoms with Gasteiger partial charge in [0.15, 0.2) is 12.4 Å². The van der Waals surface area contributed by atoms with Crippen molar-refractivity contribution in [3.05, 3.63) is 113 Å². The molecule has 1 atom stereocenters. The third-order valence-electron chi connectivity index (χ3n) is 8.24. The first-order valence-corrected chi connectivity index (χ1v) is 11.9. The monoisotopic (exact) mass is 412 g/mol. The Morgan fingerprint density at radius 1 is 0.625 bits per heavy atom. The average Bonchev–Trinajstić information content (AvgIpc) is 3.48. The summed E-state index contributed by atoms with van der Waals surface area (Å²) in [6, 6.07) is 27.2. The molecule has 1 unspecified atom stereocenters. The van der Waals surface area contributed by atoms with Crippen LogP contribution in [-0.4, -0.2) is 0 Å². The van der Waals surface area contributed by atoms with Crippen molar-refractivity contribution in [2.75, 3.05) is 0 Å². The second kappa shape index (κ2) is 5.83. The quantitative estimate of drug-likeness (QED) is 0.295. The molecule has 4 heterocycles. The number of fused-ring (bicyclic) bond motifs is 13. The molecule has 0 amide bonds. The number of pyridine rings is 2. The summed E-state index contributed by atoms with van der Waals surface area (Å²) in [5.74, 6) is 0. The maximum atomic E-state index is 2.53. The van der Waals surface area contributed by atoms with Crippen molar-refractivity contribution < 1.29 is 9.13 Å². The molecule has 4 aliphatic rings. The number of allylic oxidation sites excluding steroid dienone is 2. The molecule has 0 saturated carbocycles. The van der Waals surface area contributed by atoms with E-state index in [-0.39, 0.29) is 5.66 Å². The van der Waals surface area contributed by atoms with Gasteiger partial charge in [-0.3, -0.25) is 0 Å². The molecule has 8 rings (SSSR count). The Labute approximate surface area is 188 Å². The lowest BCUT2D eigenvalue weighted by Gasteiger charge is -2.17. The van der Waals surface area contributed by atoms with E-state index in [4.69, 9.17) is 0 Å². The summed E-state index contributed by atoms with van der Waals surface area (Å²) in [4.78, 5) is 0. The van der Waals surface area contributed by atoms with Crippen molar-refractivity contribution >= 4 is 5.57 Å². The highest BCUT2D eigenvalue weighted by Crippen LogP contribution is 2.52. The van der Waals surface area contributed by atoms with Gasteiger partial charge in [-0.2, -0.15) is 0 Å². The summed E-state index contributed by atoms with van der Waals surface area (Å²) < 4.78 is 5.03. The third-order valence-corrected chi connectivity index (χ3v) is 8.24. The molecule has 32 heavy (non-hydrogen) atoms. The van der Waals surface area contributed by atoms with E-state index in [1.54, 1.807) is 16.7 Å². The van der Waals surface area contributed by atoms with Crippen LogP contribution >= 0.6 is 0 Å². The van der Waals surface area contributed by atoms with E-state index in [9.17, 15) is 0 Å². The summed E-state index contributed by atoms with van der Waals surface area (Å²) in [5.41, 5.74) is 14.3. The molecule has 2 nitrogen and oxygen atoms in total. The van der Waals surface area contributed by atoms with E-state index in [2.05, 4.69) is 94.3 Å². The van der Waals surface area contributed by atoms with Gasteiger partial charge in [0.25, 0.3) is 0 Å². The number of rotatable bonds is 0. The minimum atomic E-state index is -0.364. The fraction of sp³-hybridized carbons (Fsp3) is 0.200. The minimum absolute atomic E-state index is 0.364. The zero-order chi connectivity index (χ0) is 20.9. The Kier molecular flexibility index (Phi) is 3.11. The Balaban J connectivity index is 1.52. The third kappa shape index (κ3) is 1.81. The van der Waals surface area contributed by atoms with E-state index in [1.807, 2.05) is 0 Å². The van der Waals surface area contributed by atoms with Crippen LogP contribution in [0.2, 0.25) is 0 Å². The van der Waals surface area contributed by atoms with Crippen molar-refractivity contribution in [1.29, 1.82) is 0 Å². The number of benzene rings is 2. The Bertz CT molecular complexity index is 1460. The first-order valence-electron chi connectivity index (χ1n) is 11.9. The van der Waals surface area contributed by atoms with Crippen molar-refractivity contribution in [3.8, 4) is 22.5 Å². The molecule has 0 fully saturated rings. The van der Waals surface area contributed by atoms with Gasteiger partial charge in [0.2, 0.25) is 11.4 Å². The van der Waals surface area contributed by atoms with Gasteiger partial charge >= 0.3 is 5.66 Å². The van der Waals surface area contributed by atoms with Crippen LogP contribution in [-0.2, 0) is 12.1 Å². The van der Waals surface area contributed by atoms with Crippen LogP contribution < -0.4 is 9.13 Å². The molecule has 0 saturated heterocycles. The van der Waals surface area contributed by atoms with Gasteiger partial charge in [0.1, 0.15) is 11.1 Å². The maximum absolute atomic E-state index is 2.53. The summed E-state index contributed by atoms with van der Waals surface area (Å²) in [7, 11) is 0. The highest BCUT2D eigenvalue weighted by Gasteiger charge is 2.66. The van der Waals surface area contributed by atoms with Crippen LogP contribution in [0.15, 0.2) is 90.8 Å². The van der Waals surface area contributed by atoms with E-state index < -0.39 is 0 Å². The second-order valence-corrected chi connectivity index (χ2v) is 9.61. The summed E-state index contributed by atoms with van der Waals surface area (Å²) in [6.45, 7) is 0. The van der Waals surface area contributed by atoms with Gasteiger partial charge in [-0.1, -0.05) is 23.8 Å². The molecule has 2 aromatic heterocycles. The molecule has 2 aliphatic heterocycles. The van der Waals surface area contributed by atoms with E-state index in [0.29, 0.717) is 0 Å². The molecule has 2 aromatic carbocycles. The fourth-order valence-electron chi connectivity index (χ4n) is 7.06. The Hall–Kier alpha value is -3.52. The Morgan fingerprint density at radius 2 is 1.38 bits per heavy atom. The van der Waals surface area contributed by atoms with Gasteiger partial charge < -0.3 is 0 Å². The van der Waals surface area contributed by atoms with Gasteiger partial charge in [-0.25, -0.2) is 0 Å². The number of aromatic nitrogens is 2. The summed E-state index contributed by atoms with van der Waals surface area (Å²) in [5, 5.41) is 0. The second-order valence-electron chi connectivity index (χ2n) is 9.61. The largest absolute Gasteiger partial charge is 0.417 e. The number of nitrogens with zero attached hydrogens (tertiary/aromatic N) is 2. The predicted octanol–water partition coefficient (Wildman–Crippen LogP) is 5.40. The number of hydrogen-bond donors (Lipinski definition) is 0. The average molecular weight is 413 g/mol. The first kappa shape index (κ1) is 17.1. The minimum Gasteiger partial charge on any atom is -0.126 e.